The Bertz CT molecular complexity index is 1570. The molecule has 11 heteroatoms. The van der Waals surface area contributed by atoms with Crippen LogP contribution in [0.5, 0.6) is 0 Å². The van der Waals surface area contributed by atoms with Gasteiger partial charge in [-0.25, -0.2) is 9.78 Å². The van der Waals surface area contributed by atoms with Crippen LogP contribution in [0.15, 0.2) is 57.4 Å². The molecule has 176 valence electrons. The number of fused-ring (bicyclic) bond motifs is 1. The summed E-state index contributed by atoms with van der Waals surface area (Å²) in [7, 11) is 0. The second-order valence-corrected chi connectivity index (χ2v) is 8.82. The van der Waals surface area contributed by atoms with Crippen LogP contribution in [0.1, 0.15) is 35.2 Å². The number of carbonyl (C=O) groups is 1. The van der Waals surface area contributed by atoms with Gasteiger partial charge in [0.2, 0.25) is 5.82 Å². The number of nitrogens with one attached hydrogen (secondary N) is 1. The van der Waals surface area contributed by atoms with E-state index in [1.807, 2.05) is 55.5 Å². The third kappa shape index (κ3) is 4.26. The number of imidazole rings is 1. The van der Waals surface area contributed by atoms with Gasteiger partial charge in [-0.15, -0.1) is 10.2 Å². The predicted octanol–water partition coefficient (Wildman–Crippen LogP) is 6.06. The Hall–Kier alpha value is -3.76. The van der Waals surface area contributed by atoms with Crippen LogP contribution in [-0.4, -0.2) is 41.3 Å². The van der Waals surface area contributed by atoms with Crippen molar-refractivity contribution in [3.8, 4) is 22.7 Å². The number of allylic oxidation sites excluding steroid dienone is 1. The Labute approximate surface area is 212 Å². The number of nitrogens with zero attached hydrogens (tertiary/aromatic N) is 5. The van der Waals surface area contributed by atoms with Crippen molar-refractivity contribution >= 4 is 50.5 Å². The van der Waals surface area contributed by atoms with E-state index >= 15 is 0 Å². The predicted molar refractivity (Wildman–Crippen MR) is 135 cm³/mol. The molecule has 35 heavy (non-hydrogen) atoms. The Balaban J connectivity index is 1.58. The van der Waals surface area contributed by atoms with Crippen LogP contribution in [0, 0.1) is 0 Å². The normalized spacial score (nSPS) is 11.6. The van der Waals surface area contributed by atoms with Gasteiger partial charge < -0.3 is 14.1 Å². The Morgan fingerprint density at radius 1 is 1.26 bits per heavy atom. The van der Waals surface area contributed by atoms with Crippen molar-refractivity contribution in [2.45, 2.75) is 19.9 Å². The van der Waals surface area contributed by atoms with Crippen LogP contribution in [0.4, 0.5) is 0 Å². The van der Waals surface area contributed by atoms with Crippen molar-refractivity contribution in [3.63, 3.8) is 0 Å². The molecule has 0 aliphatic heterocycles. The van der Waals surface area contributed by atoms with Crippen LogP contribution in [0.25, 0.3) is 39.8 Å². The van der Waals surface area contributed by atoms with E-state index in [1.165, 1.54) is 0 Å². The fourth-order valence-electron chi connectivity index (χ4n) is 3.87. The van der Waals surface area contributed by atoms with Gasteiger partial charge in [-0.2, -0.15) is 5.21 Å². The maximum Gasteiger partial charge on any atom is 0.355 e. The number of hydrogen-bond acceptors (Lipinski definition) is 6. The van der Waals surface area contributed by atoms with Crippen molar-refractivity contribution in [1.29, 1.82) is 0 Å². The summed E-state index contributed by atoms with van der Waals surface area (Å²) in [6.45, 7) is 2.26. The number of carboxylic acids is 1. The number of hydrogen-bond donors (Lipinski definition) is 2. The van der Waals surface area contributed by atoms with Crippen molar-refractivity contribution in [2.24, 2.45) is 0 Å². The van der Waals surface area contributed by atoms with Gasteiger partial charge in [0.05, 0.1) is 4.47 Å². The fraction of sp³-hybridized carbons (Fsp3) is 0.125. The zero-order valence-electron chi connectivity index (χ0n) is 18.4. The first kappa shape index (κ1) is 23.0. The van der Waals surface area contributed by atoms with Gasteiger partial charge in [0.1, 0.15) is 17.2 Å². The molecule has 5 aromatic rings. The summed E-state index contributed by atoms with van der Waals surface area (Å²) >= 11 is 9.85. The molecule has 0 radical (unpaired) electrons. The van der Waals surface area contributed by atoms with Crippen LogP contribution in [0.3, 0.4) is 0 Å². The Morgan fingerprint density at radius 2 is 2.06 bits per heavy atom. The molecule has 0 amide bonds. The molecule has 0 atom stereocenters. The van der Waals surface area contributed by atoms with Crippen molar-refractivity contribution in [2.75, 3.05) is 0 Å². The highest BCUT2D eigenvalue weighted by atomic mass is 79.9. The number of furan rings is 1. The lowest BCUT2D eigenvalue weighted by Crippen LogP contribution is -2.11. The largest absolute Gasteiger partial charge is 0.476 e. The van der Waals surface area contributed by atoms with Crippen LogP contribution >= 0.6 is 27.5 Å². The molecule has 3 heterocycles. The Morgan fingerprint density at radius 3 is 2.77 bits per heavy atom. The van der Waals surface area contributed by atoms with E-state index in [9.17, 15) is 9.90 Å². The molecule has 0 fully saturated rings. The van der Waals surface area contributed by atoms with Gasteiger partial charge in [-0.1, -0.05) is 54.9 Å². The second-order valence-electron chi connectivity index (χ2n) is 7.67. The molecule has 0 saturated heterocycles. The van der Waals surface area contributed by atoms with Crippen molar-refractivity contribution in [1.82, 2.24) is 30.2 Å². The molecular formula is C24H18BrClN6O3. The van der Waals surface area contributed by atoms with Gasteiger partial charge in [0, 0.05) is 23.1 Å². The molecule has 3 aromatic heterocycles. The Kier molecular flexibility index (Phi) is 6.23. The number of halogens is 2. The van der Waals surface area contributed by atoms with Crippen molar-refractivity contribution < 1.29 is 14.3 Å². The molecular weight excluding hydrogens is 536 g/mol. The smallest absolute Gasteiger partial charge is 0.355 e. The maximum absolute atomic E-state index is 11.9. The molecule has 0 aliphatic carbocycles. The molecule has 0 unspecified atom stereocenters. The number of tetrazole rings is 1. The fourth-order valence-corrected chi connectivity index (χ4v) is 4.75. The van der Waals surface area contributed by atoms with E-state index in [4.69, 9.17) is 16.0 Å². The van der Waals surface area contributed by atoms with Crippen LogP contribution < -0.4 is 0 Å². The minimum atomic E-state index is -1.13. The van der Waals surface area contributed by atoms with E-state index < -0.39 is 5.97 Å². The van der Waals surface area contributed by atoms with Crippen molar-refractivity contribution in [3.05, 3.63) is 75.2 Å². The summed E-state index contributed by atoms with van der Waals surface area (Å²) < 4.78 is 8.55. The average Bonchev–Trinajstić information content (AvgIpc) is 3.56. The van der Waals surface area contributed by atoms with Gasteiger partial charge in [-0.05, 0) is 51.3 Å². The lowest BCUT2D eigenvalue weighted by molar-refractivity contribution is 0.0685. The molecule has 0 bridgehead atoms. The van der Waals surface area contributed by atoms with E-state index in [2.05, 4.69) is 41.5 Å². The van der Waals surface area contributed by atoms with Gasteiger partial charge in [0.25, 0.3) is 0 Å². The highest BCUT2D eigenvalue weighted by molar-refractivity contribution is 9.10. The van der Waals surface area contributed by atoms with Crippen LogP contribution in [0.2, 0.25) is 5.15 Å². The topological polar surface area (TPSA) is 123 Å². The highest BCUT2D eigenvalue weighted by Gasteiger charge is 2.22. The first-order chi connectivity index (χ1) is 17.0. The monoisotopic (exact) mass is 552 g/mol. The minimum absolute atomic E-state index is 0.0424. The zero-order chi connectivity index (χ0) is 24.5. The average molecular weight is 554 g/mol. The number of rotatable bonds is 7. The molecule has 2 N–H and O–H groups in total. The summed E-state index contributed by atoms with van der Waals surface area (Å²) in [6.07, 6.45) is 4.47. The van der Waals surface area contributed by atoms with Gasteiger partial charge in [-0.3, -0.25) is 0 Å². The lowest BCUT2D eigenvalue weighted by Gasteiger charge is -2.08. The summed E-state index contributed by atoms with van der Waals surface area (Å²) in [5.41, 5.74) is 3.06. The molecule has 0 saturated carbocycles. The number of aromatic carboxylic acids is 1. The van der Waals surface area contributed by atoms with Gasteiger partial charge >= 0.3 is 5.97 Å². The summed E-state index contributed by atoms with van der Waals surface area (Å²) in [6, 6.07) is 13.3. The maximum atomic E-state index is 11.9. The van der Waals surface area contributed by atoms with E-state index in [0.29, 0.717) is 23.0 Å². The summed E-state index contributed by atoms with van der Waals surface area (Å²) in [5, 5.41) is 24.8. The number of aromatic nitrogens is 6. The number of carboxylic acid groups (broad SMARTS) is 1. The first-order valence-electron chi connectivity index (χ1n) is 10.7. The second kappa shape index (κ2) is 9.47. The summed E-state index contributed by atoms with van der Waals surface area (Å²) in [4.78, 5) is 16.1. The van der Waals surface area contributed by atoms with E-state index in [0.717, 1.165) is 33.0 Å². The van der Waals surface area contributed by atoms with E-state index in [-0.39, 0.29) is 17.4 Å². The minimum Gasteiger partial charge on any atom is -0.476 e. The lowest BCUT2D eigenvalue weighted by atomic mass is 10.0. The standard InChI is InChI=1S/C24H18BrClN6O3/c1-2-3-8-18-27-22(26)20(24(33)34)32(18)12-13-9-10-17-16(11-13)19(25)21(35-17)14-6-4-5-7-15(14)23-28-30-31-29-23/h3-11H,2,12H2,1H3,(H,33,34)(H,28,29,30,31). The first-order valence-corrected chi connectivity index (χ1v) is 11.8. The number of H-pyrrole nitrogens is 1. The molecule has 0 aliphatic rings. The molecule has 0 spiro atoms. The zero-order valence-corrected chi connectivity index (χ0v) is 20.7. The number of aromatic amines is 1. The third-order valence-corrected chi connectivity index (χ3v) is 6.50. The molecule has 5 rings (SSSR count). The number of benzene rings is 2. The van der Waals surface area contributed by atoms with Gasteiger partial charge in [0.15, 0.2) is 10.8 Å². The van der Waals surface area contributed by atoms with E-state index in [1.54, 1.807) is 10.6 Å². The summed E-state index contributed by atoms with van der Waals surface area (Å²) in [5.74, 6) is 0.431. The molecule has 2 aromatic carbocycles. The highest BCUT2D eigenvalue weighted by Crippen LogP contribution is 2.41. The molecule has 9 nitrogen and oxygen atoms in total. The van der Waals surface area contributed by atoms with Crippen LogP contribution in [-0.2, 0) is 6.54 Å². The SMILES string of the molecule is CCC=Cc1nc(Cl)c(C(=O)O)n1Cc1ccc2oc(-c3ccccc3-c3nn[nH]n3)c(Br)c2c1. The quantitative estimate of drug-likeness (QED) is 0.251. The third-order valence-electron chi connectivity index (χ3n) is 5.45.